The maximum atomic E-state index is 14.6. The Bertz CT molecular complexity index is 1300. The normalized spacial score (nSPS) is 16.6. The van der Waals surface area contributed by atoms with Crippen molar-refractivity contribution < 1.29 is 13.3 Å². The maximum Gasteiger partial charge on any atom is 0.269 e. The number of nitrogens with one attached hydrogen (secondary N) is 2. The molecule has 2 aromatic heterocycles. The number of fused-ring (bicyclic) bond motifs is 1. The van der Waals surface area contributed by atoms with Gasteiger partial charge in [0, 0.05) is 43.8 Å². The third kappa shape index (κ3) is 4.13. The highest BCUT2D eigenvalue weighted by Crippen LogP contribution is 2.23. The van der Waals surface area contributed by atoms with Gasteiger partial charge in [0.2, 0.25) is 5.95 Å². The minimum atomic E-state index is -2.67. The maximum absolute atomic E-state index is 14.6. The van der Waals surface area contributed by atoms with Crippen LogP contribution in [0.1, 0.15) is 31.4 Å². The zero-order valence-electron chi connectivity index (χ0n) is 20.3. The molecule has 1 aliphatic rings. The number of hydrogen-bond donors (Lipinski definition) is 2. The summed E-state index contributed by atoms with van der Waals surface area (Å²) in [4.78, 5) is 38.9. The van der Waals surface area contributed by atoms with E-state index in [4.69, 9.17) is 4.11 Å². The molecule has 0 bridgehead atoms. The van der Waals surface area contributed by atoms with Gasteiger partial charge in [0.1, 0.15) is 11.4 Å². The number of nitrogens with zero attached hydrogens (tertiary/aromatic N) is 4. The van der Waals surface area contributed by atoms with Crippen LogP contribution in [0, 0.1) is 19.8 Å². The molecule has 1 fully saturated rings. The summed E-state index contributed by atoms with van der Waals surface area (Å²) in [7, 11) is 0. The second kappa shape index (κ2) is 8.43. The molecule has 0 unspecified atom stereocenters. The topological polar surface area (TPSA) is 94.2 Å². The summed E-state index contributed by atoms with van der Waals surface area (Å²) < 4.78 is 35.9. The predicted octanol–water partition coefficient (Wildman–Crippen LogP) is 1.76. The highest BCUT2D eigenvalue weighted by molar-refractivity contribution is 5.92. The fourth-order valence-corrected chi connectivity index (χ4v) is 3.84. The number of carbonyl (C=O) groups is 1. The van der Waals surface area contributed by atoms with Gasteiger partial charge in [-0.25, -0.2) is 9.97 Å². The molecule has 2 N–H and O–H groups in total. The fourth-order valence-electron chi connectivity index (χ4n) is 3.84. The van der Waals surface area contributed by atoms with Gasteiger partial charge < -0.3 is 15.2 Å². The second-order valence-electron chi connectivity index (χ2n) is 7.62. The van der Waals surface area contributed by atoms with Crippen molar-refractivity contribution in [3.8, 4) is 0 Å². The lowest BCUT2D eigenvalue weighted by Crippen LogP contribution is -2.46. The Kier molecular flexibility index (Phi) is 4.72. The van der Waals surface area contributed by atoms with Crippen molar-refractivity contribution in [3.05, 3.63) is 63.1 Å². The fraction of sp³-hybridized carbons (Fsp3) is 0.364. The van der Waals surface area contributed by atoms with Crippen molar-refractivity contribution in [1.29, 1.82) is 0 Å². The summed E-state index contributed by atoms with van der Waals surface area (Å²) in [5.41, 5.74) is 3.77. The third-order valence-electron chi connectivity index (χ3n) is 5.69. The molecule has 4 rings (SSSR count). The van der Waals surface area contributed by atoms with E-state index in [1.807, 2.05) is 24.0 Å². The molecule has 0 saturated carbocycles. The van der Waals surface area contributed by atoms with E-state index in [2.05, 4.69) is 19.9 Å². The van der Waals surface area contributed by atoms with Crippen molar-refractivity contribution in [2.45, 2.75) is 20.4 Å². The smallest absolute Gasteiger partial charge is 0.269 e. The molecule has 1 aliphatic heterocycles. The first-order valence-corrected chi connectivity index (χ1v) is 9.97. The van der Waals surface area contributed by atoms with Crippen LogP contribution in [0.4, 0.5) is 10.1 Å². The van der Waals surface area contributed by atoms with Crippen molar-refractivity contribution in [1.82, 2.24) is 25.2 Å². The lowest BCUT2D eigenvalue weighted by molar-refractivity contribution is 0.0957. The number of rotatable bonds is 4. The van der Waals surface area contributed by atoms with Crippen molar-refractivity contribution in [2.75, 3.05) is 38.1 Å². The first kappa shape index (κ1) is 17.4. The molecular weight excluding hydrogens is 399 g/mol. The number of piperazine rings is 1. The molecule has 31 heavy (non-hydrogen) atoms. The van der Waals surface area contributed by atoms with Crippen LogP contribution >= 0.6 is 0 Å². The summed E-state index contributed by atoms with van der Waals surface area (Å²) in [6.07, 6.45) is 0. The number of amides is 1. The predicted molar refractivity (Wildman–Crippen MR) is 117 cm³/mol. The van der Waals surface area contributed by atoms with Crippen LogP contribution in [-0.2, 0) is 6.54 Å². The minimum Gasteiger partial charge on any atom is -0.365 e. The summed E-state index contributed by atoms with van der Waals surface area (Å²) in [6, 6.07) is 6.69. The molecule has 1 amide bonds. The molecule has 0 spiro atoms. The van der Waals surface area contributed by atoms with E-state index < -0.39 is 18.8 Å². The van der Waals surface area contributed by atoms with Gasteiger partial charge in [-0.1, -0.05) is 6.07 Å². The van der Waals surface area contributed by atoms with Crippen LogP contribution in [0.25, 0.3) is 11.0 Å². The van der Waals surface area contributed by atoms with E-state index >= 15 is 0 Å². The van der Waals surface area contributed by atoms with Gasteiger partial charge >= 0.3 is 0 Å². The molecule has 8 nitrogen and oxygen atoms in total. The Morgan fingerprint density at radius 3 is 2.68 bits per heavy atom. The highest BCUT2D eigenvalue weighted by Gasteiger charge is 2.22. The van der Waals surface area contributed by atoms with Gasteiger partial charge in [-0.3, -0.25) is 14.5 Å². The molecule has 1 saturated heterocycles. The molecule has 3 aromatic rings. The molecule has 0 atom stereocenters. The average Bonchev–Trinajstić information content (AvgIpc) is 2.77. The lowest BCUT2D eigenvalue weighted by Gasteiger charge is -2.36. The molecule has 162 valence electrons. The number of benzene rings is 1. The Morgan fingerprint density at radius 2 is 1.97 bits per heavy atom. The number of aromatic amines is 1. The molecular formula is C22H25FN6O2. The van der Waals surface area contributed by atoms with E-state index in [-0.39, 0.29) is 16.9 Å². The van der Waals surface area contributed by atoms with E-state index in [1.165, 1.54) is 12.1 Å². The van der Waals surface area contributed by atoms with Crippen LogP contribution in [0.2, 0.25) is 0 Å². The van der Waals surface area contributed by atoms with Gasteiger partial charge in [0.05, 0.1) is 16.7 Å². The number of pyridine rings is 1. The molecule has 0 radical (unpaired) electrons. The lowest BCUT2D eigenvalue weighted by atomic mass is 10.1. The Balaban J connectivity index is 1.42. The van der Waals surface area contributed by atoms with Gasteiger partial charge in [-0.05, 0) is 43.2 Å². The molecule has 3 heterocycles. The Labute approximate surface area is 183 Å². The largest absolute Gasteiger partial charge is 0.365 e. The quantitative estimate of drug-likeness (QED) is 0.616. The first-order valence-electron chi connectivity index (χ1n) is 11.5. The van der Waals surface area contributed by atoms with Gasteiger partial charge in [0.25, 0.3) is 11.5 Å². The summed E-state index contributed by atoms with van der Waals surface area (Å²) in [5.74, 6) is -1.77. The third-order valence-corrected chi connectivity index (χ3v) is 5.69. The molecule has 1 aromatic carbocycles. The van der Waals surface area contributed by atoms with Crippen molar-refractivity contribution in [3.63, 3.8) is 0 Å². The number of aryl methyl sites for hydroxylation is 2. The van der Waals surface area contributed by atoms with Crippen LogP contribution in [0.5, 0.6) is 0 Å². The van der Waals surface area contributed by atoms with E-state index in [0.717, 1.165) is 22.2 Å². The van der Waals surface area contributed by atoms with Crippen LogP contribution in [-0.4, -0.2) is 58.9 Å². The average molecular weight is 427 g/mol. The molecule has 0 aliphatic carbocycles. The highest BCUT2D eigenvalue weighted by atomic mass is 19.1. The van der Waals surface area contributed by atoms with E-state index in [9.17, 15) is 14.0 Å². The number of aromatic nitrogens is 3. The monoisotopic (exact) mass is 427 g/mol. The zero-order valence-corrected chi connectivity index (χ0v) is 17.3. The second-order valence-corrected chi connectivity index (χ2v) is 7.62. The van der Waals surface area contributed by atoms with Gasteiger partial charge in [0.15, 0.2) is 0 Å². The minimum absolute atomic E-state index is 0.195. The SMILES string of the molecule is [2H]C([2H])([2H])NC(=O)c1ccc(N2CCN(Cc3ccc4nc(C)c(=O)[nH]c4c3C)CC2)c(F)n1. The first-order chi connectivity index (χ1) is 16.0. The number of anilines is 1. The van der Waals surface area contributed by atoms with E-state index in [1.54, 1.807) is 12.2 Å². The summed E-state index contributed by atoms with van der Waals surface area (Å²) >= 11 is 0. The van der Waals surface area contributed by atoms with Crippen LogP contribution in [0.3, 0.4) is 0 Å². The van der Waals surface area contributed by atoms with Gasteiger partial charge in [-0.2, -0.15) is 4.39 Å². The number of carbonyl (C=O) groups excluding carboxylic acids is 1. The Morgan fingerprint density at radius 1 is 1.19 bits per heavy atom. The standard InChI is InChI=1S/C22H25FN6O2/c1-13-15(4-5-16-19(13)27-21(30)14(2)25-16)12-28-8-10-29(11-9-28)18-7-6-17(22(31)24-3)26-20(18)23/h4-7H,8-12H2,1-3H3,(H,24,31)(H,27,30)/i3D3. The van der Waals surface area contributed by atoms with Crippen LogP contribution < -0.4 is 15.8 Å². The molecule has 9 heteroatoms. The number of hydrogen-bond acceptors (Lipinski definition) is 6. The number of halogens is 1. The van der Waals surface area contributed by atoms with Crippen molar-refractivity contribution in [2.24, 2.45) is 0 Å². The van der Waals surface area contributed by atoms with E-state index in [0.29, 0.717) is 38.4 Å². The van der Waals surface area contributed by atoms with Crippen molar-refractivity contribution >= 4 is 22.6 Å². The number of H-pyrrole nitrogens is 1. The Hall–Kier alpha value is -3.33. The zero-order chi connectivity index (χ0) is 24.6. The summed E-state index contributed by atoms with van der Waals surface area (Å²) in [5, 5.41) is 1.80. The van der Waals surface area contributed by atoms with Crippen LogP contribution in [0.15, 0.2) is 29.1 Å². The summed E-state index contributed by atoms with van der Waals surface area (Å²) in [6.45, 7) is 4.14. The van der Waals surface area contributed by atoms with Gasteiger partial charge in [-0.15, -0.1) is 0 Å².